The summed E-state index contributed by atoms with van der Waals surface area (Å²) in [5.74, 6) is -0.730. The molecule has 2 rings (SSSR count). The fourth-order valence-corrected chi connectivity index (χ4v) is 2.14. The average Bonchev–Trinajstić information content (AvgIpc) is 2.39. The molecule has 1 unspecified atom stereocenters. The molecule has 106 valence electrons. The smallest absolute Gasteiger partial charge is 0.331 e. The molecule has 6 heteroatoms. The Morgan fingerprint density at radius 1 is 1.30 bits per heavy atom. The summed E-state index contributed by atoms with van der Waals surface area (Å²) in [7, 11) is 0. The van der Waals surface area contributed by atoms with Crippen molar-refractivity contribution in [2.45, 2.75) is 26.3 Å². The predicted molar refractivity (Wildman–Crippen MR) is 72.6 cm³/mol. The zero-order valence-corrected chi connectivity index (χ0v) is 11.2. The van der Waals surface area contributed by atoms with E-state index in [1.165, 1.54) is 24.3 Å². The zero-order chi connectivity index (χ0) is 14.9. The van der Waals surface area contributed by atoms with Crippen LogP contribution in [-0.4, -0.2) is 14.7 Å². The minimum absolute atomic E-state index is 0.151. The molecule has 0 fully saturated rings. The highest BCUT2D eigenvalue weighted by Gasteiger charge is 2.18. The molecule has 1 atom stereocenters. The maximum Gasteiger partial charge on any atom is 0.331 e. The van der Waals surface area contributed by atoms with Gasteiger partial charge < -0.3 is 5.11 Å². The van der Waals surface area contributed by atoms with E-state index < -0.39 is 17.3 Å². The van der Waals surface area contributed by atoms with Crippen LogP contribution >= 0.6 is 0 Å². The van der Waals surface area contributed by atoms with Crippen LogP contribution < -0.4 is 11.2 Å². The molecule has 2 N–H and O–H groups in total. The van der Waals surface area contributed by atoms with Crippen LogP contribution in [0.15, 0.2) is 33.9 Å². The van der Waals surface area contributed by atoms with Gasteiger partial charge in [0.1, 0.15) is 5.82 Å². The van der Waals surface area contributed by atoms with Gasteiger partial charge in [0.2, 0.25) is 5.88 Å². The molecule has 0 saturated heterocycles. The molecule has 0 bridgehead atoms. The molecular formula is C14H15FN2O3. The van der Waals surface area contributed by atoms with Gasteiger partial charge in [0.15, 0.2) is 0 Å². The summed E-state index contributed by atoms with van der Waals surface area (Å²) < 4.78 is 14.0. The Bertz CT molecular complexity index is 732. The van der Waals surface area contributed by atoms with E-state index in [0.29, 0.717) is 12.0 Å². The van der Waals surface area contributed by atoms with Crippen LogP contribution in [0.2, 0.25) is 0 Å². The molecule has 0 radical (unpaired) electrons. The molecule has 5 nitrogen and oxygen atoms in total. The van der Waals surface area contributed by atoms with Gasteiger partial charge in [0.05, 0.1) is 11.6 Å². The highest BCUT2D eigenvalue weighted by molar-refractivity contribution is 5.27. The zero-order valence-electron chi connectivity index (χ0n) is 11.2. The Hall–Kier alpha value is -2.37. The third kappa shape index (κ3) is 2.36. The van der Waals surface area contributed by atoms with E-state index in [9.17, 15) is 19.1 Å². The maximum atomic E-state index is 12.9. The van der Waals surface area contributed by atoms with Gasteiger partial charge in [-0.05, 0) is 31.0 Å². The number of nitrogens with zero attached hydrogens (tertiary/aromatic N) is 1. The van der Waals surface area contributed by atoms with E-state index >= 15 is 0 Å². The first kappa shape index (κ1) is 14.0. The van der Waals surface area contributed by atoms with Crippen molar-refractivity contribution in [1.82, 2.24) is 9.55 Å². The Balaban J connectivity index is 2.60. The molecule has 2 aromatic rings. The van der Waals surface area contributed by atoms with Crippen LogP contribution in [0.25, 0.3) is 0 Å². The van der Waals surface area contributed by atoms with E-state index in [1.807, 2.05) is 0 Å². The van der Waals surface area contributed by atoms with Gasteiger partial charge in [0, 0.05) is 0 Å². The van der Waals surface area contributed by atoms with Crippen molar-refractivity contribution < 1.29 is 9.50 Å². The van der Waals surface area contributed by atoms with Crippen molar-refractivity contribution in [3.05, 3.63) is 62.0 Å². The van der Waals surface area contributed by atoms with Crippen molar-refractivity contribution in [1.29, 1.82) is 0 Å². The first-order valence-electron chi connectivity index (χ1n) is 6.27. The Morgan fingerprint density at radius 2 is 1.90 bits per heavy atom. The first-order chi connectivity index (χ1) is 9.45. The second kappa shape index (κ2) is 5.32. The van der Waals surface area contributed by atoms with Crippen molar-refractivity contribution in [2.24, 2.45) is 0 Å². The molecule has 20 heavy (non-hydrogen) atoms. The Morgan fingerprint density at radius 3 is 2.45 bits per heavy atom. The number of aromatic amines is 1. The second-order valence-corrected chi connectivity index (χ2v) is 4.51. The third-order valence-corrected chi connectivity index (χ3v) is 3.30. The van der Waals surface area contributed by atoms with Gasteiger partial charge in [-0.15, -0.1) is 0 Å². The molecule has 1 heterocycles. The number of benzene rings is 1. The summed E-state index contributed by atoms with van der Waals surface area (Å²) in [5, 5.41) is 10.1. The molecule has 1 aromatic heterocycles. The van der Waals surface area contributed by atoms with Crippen LogP contribution in [0, 0.1) is 5.82 Å². The highest BCUT2D eigenvalue weighted by atomic mass is 19.1. The fraction of sp³-hybridized carbons (Fsp3) is 0.286. The number of hydrogen-bond donors (Lipinski definition) is 2. The van der Waals surface area contributed by atoms with Gasteiger partial charge in [0.25, 0.3) is 5.56 Å². The summed E-state index contributed by atoms with van der Waals surface area (Å²) in [6, 6.07) is 5.09. The number of aromatic nitrogens is 2. The van der Waals surface area contributed by atoms with Crippen molar-refractivity contribution in [3.8, 4) is 5.88 Å². The standard InChI is InChI=1S/C14H15FN2O3/c1-3-11-12(18)16-14(20)17(13(11)19)8(2)9-4-6-10(15)7-5-9/h4-8,19H,3H2,1-2H3,(H,16,18,20). The maximum absolute atomic E-state index is 12.9. The molecule has 0 amide bonds. The van der Waals surface area contributed by atoms with Crippen molar-refractivity contribution in [3.63, 3.8) is 0 Å². The monoisotopic (exact) mass is 278 g/mol. The summed E-state index contributed by atoms with van der Waals surface area (Å²) in [4.78, 5) is 25.6. The van der Waals surface area contributed by atoms with E-state index in [-0.39, 0.29) is 17.3 Å². The van der Waals surface area contributed by atoms with Gasteiger partial charge in [-0.3, -0.25) is 14.3 Å². The van der Waals surface area contributed by atoms with Gasteiger partial charge in [-0.1, -0.05) is 19.1 Å². The van der Waals surface area contributed by atoms with Crippen LogP contribution in [-0.2, 0) is 6.42 Å². The van der Waals surface area contributed by atoms with Crippen molar-refractivity contribution >= 4 is 0 Å². The topological polar surface area (TPSA) is 75.1 Å². The Labute approximate surface area is 114 Å². The number of aromatic hydroxyl groups is 1. The molecule has 0 spiro atoms. The number of nitrogens with one attached hydrogen (secondary N) is 1. The van der Waals surface area contributed by atoms with E-state index in [1.54, 1.807) is 13.8 Å². The lowest BCUT2D eigenvalue weighted by Crippen LogP contribution is -2.34. The minimum atomic E-state index is -0.693. The third-order valence-electron chi connectivity index (χ3n) is 3.30. The molecule has 0 aliphatic carbocycles. The van der Waals surface area contributed by atoms with E-state index in [0.717, 1.165) is 4.57 Å². The molecule has 0 aliphatic heterocycles. The lowest BCUT2D eigenvalue weighted by atomic mass is 10.1. The second-order valence-electron chi connectivity index (χ2n) is 4.51. The highest BCUT2D eigenvalue weighted by Crippen LogP contribution is 2.22. The summed E-state index contributed by atoms with van der Waals surface area (Å²) in [5.41, 5.74) is -0.476. The number of H-pyrrole nitrogens is 1. The lowest BCUT2D eigenvalue weighted by molar-refractivity contribution is 0.382. The number of rotatable bonds is 3. The molecule has 1 aromatic carbocycles. The van der Waals surface area contributed by atoms with Gasteiger partial charge in [-0.25, -0.2) is 9.18 Å². The molecular weight excluding hydrogens is 263 g/mol. The van der Waals surface area contributed by atoms with E-state index in [4.69, 9.17) is 0 Å². The van der Waals surface area contributed by atoms with Gasteiger partial charge >= 0.3 is 5.69 Å². The van der Waals surface area contributed by atoms with Crippen LogP contribution in [0.3, 0.4) is 0 Å². The summed E-state index contributed by atoms with van der Waals surface area (Å²) >= 11 is 0. The number of halogens is 1. The number of hydrogen-bond acceptors (Lipinski definition) is 3. The largest absolute Gasteiger partial charge is 0.494 e. The van der Waals surface area contributed by atoms with Crippen molar-refractivity contribution in [2.75, 3.05) is 0 Å². The fourth-order valence-electron chi connectivity index (χ4n) is 2.14. The van der Waals surface area contributed by atoms with Crippen LogP contribution in [0.1, 0.15) is 31.0 Å². The van der Waals surface area contributed by atoms with Gasteiger partial charge in [-0.2, -0.15) is 0 Å². The molecule has 0 saturated carbocycles. The molecule has 0 aliphatic rings. The normalized spacial score (nSPS) is 12.3. The summed E-state index contributed by atoms with van der Waals surface area (Å²) in [6.07, 6.45) is 0.303. The SMILES string of the molecule is CCc1c(O)n(C(C)c2ccc(F)cc2)c(=O)[nH]c1=O. The quantitative estimate of drug-likeness (QED) is 0.894. The summed E-state index contributed by atoms with van der Waals surface area (Å²) in [6.45, 7) is 3.40. The minimum Gasteiger partial charge on any atom is -0.494 e. The van der Waals surface area contributed by atoms with Crippen LogP contribution in [0.4, 0.5) is 4.39 Å². The Kier molecular flexibility index (Phi) is 3.74. The average molecular weight is 278 g/mol. The predicted octanol–water partition coefficient (Wildman–Crippen LogP) is 1.55. The first-order valence-corrected chi connectivity index (χ1v) is 6.27. The van der Waals surface area contributed by atoms with Crippen LogP contribution in [0.5, 0.6) is 5.88 Å². The van der Waals surface area contributed by atoms with E-state index in [2.05, 4.69) is 4.98 Å². The lowest BCUT2D eigenvalue weighted by Gasteiger charge is -2.18.